The Bertz CT molecular complexity index is 607. The molecule has 6 nitrogen and oxygen atoms in total. The van der Waals surface area contributed by atoms with Crippen molar-refractivity contribution in [2.24, 2.45) is 5.92 Å². The third-order valence-electron chi connectivity index (χ3n) is 2.69. The fraction of sp³-hybridized carbons (Fsp3) is 0.462. The first-order chi connectivity index (χ1) is 9.95. The van der Waals surface area contributed by atoms with E-state index in [0.717, 1.165) is 18.3 Å². The summed E-state index contributed by atoms with van der Waals surface area (Å²) in [6.45, 7) is 1.50. The van der Waals surface area contributed by atoms with Crippen molar-refractivity contribution in [3.05, 3.63) is 35.5 Å². The molecule has 0 saturated heterocycles. The Morgan fingerprint density at radius 2 is 2.24 bits per heavy atom. The van der Waals surface area contributed by atoms with Gasteiger partial charge in [0, 0.05) is 12.3 Å². The van der Waals surface area contributed by atoms with E-state index >= 15 is 0 Å². The van der Waals surface area contributed by atoms with Gasteiger partial charge in [0.25, 0.3) is 5.91 Å². The van der Waals surface area contributed by atoms with Gasteiger partial charge in [0.15, 0.2) is 5.76 Å². The van der Waals surface area contributed by atoms with Gasteiger partial charge < -0.3 is 9.84 Å². The zero-order valence-corrected chi connectivity index (χ0v) is 11.7. The zero-order chi connectivity index (χ0) is 15.4. The summed E-state index contributed by atoms with van der Waals surface area (Å²) >= 11 is 0. The molecule has 0 aliphatic heterocycles. The normalized spacial score (nSPS) is 11.3. The highest BCUT2D eigenvalue weighted by atomic mass is 19.3. The summed E-state index contributed by atoms with van der Waals surface area (Å²) in [4.78, 5) is 11.7. The summed E-state index contributed by atoms with van der Waals surface area (Å²) in [5, 5.41) is 9.90. The first-order valence-electron chi connectivity index (χ1n) is 6.51. The van der Waals surface area contributed by atoms with Crippen LogP contribution in [0.4, 0.5) is 8.78 Å². The standard InChI is InChI=1S/C13H16F2N4O2/c1-8(2)5-9-6-10(21-18-9)7-16-12(20)11-3-4-19(17-11)13(14)15/h3-4,6,8,13H,5,7H2,1-2H3,(H,16,20). The molecule has 0 saturated carbocycles. The van der Waals surface area contributed by atoms with Gasteiger partial charge in [-0.25, -0.2) is 4.68 Å². The van der Waals surface area contributed by atoms with Gasteiger partial charge in [-0.15, -0.1) is 0 Å². The topological polar surface area (TPSA) is 73.0 Å². The molecular weight excluding hydrogens is 282 g/mol. The molecule has 0 atom stereocenters. The number of alkyl halides is 2. The second-order valence-corrected chi connectivity index (χ2v) is 5.02. The van der Waals surface area contributed by atoms with Gasteiger partial charge in [-0.2, -0.15) is 13.9 Å². The average molecular weight is 298 g/mol. The summed E-state index contributed by atoms with van der Waals surface area (Å²) < 4.78 is 30.2. The number of amides is 1. The van der Waals surface area contributed by atoms with Crippen molar-refractivity contribution in [1.82, 2.24) is 20.3 Å². The van der Waals surface area contributed by atoms with Crippen molar-refractivity contribution in [2.75, 3.05) is 0 Å². The van der Waals surface area contributed by atoms with Crippen molar-refractivity contribution < 1.29 is 18.1 Å². The molecule has 0 spiro atoms. The van der Waals surface area contributed by atoms with E-state index in [1.807, 2.05) is 0 Å². The minimum Gasteiger partial charge on any atom is -0.359 e. The molecular formula is C13H16F2N4O2. The third-order valence-corrected chi connectivity index (χ3v) is 2.69. The van der Waals surface area contributed by atoms with Crippen molar-refractivity contribution in [3.8, 4) is 0 Å². The second-order valence-electron chi connectivity index (χ2n) is 5.02. The lowest BCUT2D eigenvalue weighted by molar-refractivity contribution is 0.0559. The molecule has 1 amide bonds. The predicted octanol–water partition coefficient (Wildman–Crippen LogP) is 2.39. The maximum atomic E-state index is 12.3. The van der Waals surface area contributed by atoms with E-state index in [4.69, 9.17) is 4.52 Å². The van der Waals surface area contributed by atoms with E-state index in [0.29, 0.717) is 16.4 Å². The average Bonchev–Trinajstić information content (AvgIpc) is 3.04. The molecule has 0 bridgehead atoms. The smallest absolute Gasteiger partial charge is 0.333 e. The highest BCUT2D eigenvalue weighted by Crippen LogP contribution is 2.10. The molecule has 8 heteroatoms. The van der Waals surface area contributed by atoms with Crippen LogP contribution in [0.3, 0.4) is 0 Å². The lowest BCUT2D eigenvalue weighted by Crippen LogP contribution is -2.23. The van der Waals surface area contributed by atoms with Crippen LogP contribution >= 0.6 is 0 Å². The number of carbonyl (C=O) groups excluding carboxylic acids is 1. The van der Waals surface area contributed by atoms with Crippen molar-refractivity contribution in [2.45, 2.75) is 33.4 Å². The maximum absolute atomic E-state index is 12.3. The molecule has 2 rings (SSSR count). The Morgan fingerprint density at radius 3 is 2.86 bits per heavy atom. The summed E-state index contributed by atoms with van der Waals surface area (Å²) in [6, 6.07) is 2.99. The summed E-state index contributed by atoms with van der Waals surface area (Å²) in [5.74, 6) is 0.416. The molecule has 114 valence electrons. The van der Waals surface area contributed by atoms with Crippen molar-refractivity contribution in [3.63, 3.8) is 0 Å². The molecule has 0 fully saturated rings. The molecule has 2 heterocycles. The van der Waals surface area contributed by atoms with Gasteiger partial charge in [-0.05, 0) is 18.4 Å². The van der Waals surface area contributed by atoms with Crippen LogP contribution in [-0.2, 0) is 13.0 Å². The zero-order valence-electron chi connectivity index (χ0n) is 11.7. The van der Waals surface area contributed by atoms with E-state index in [-0.39, 0.29) is 12.2 Å². The second kappa shape index (κ2) is 6.47. The van der Waals surface area contributed by atoms with Crippen molar-refractivity contribution in [1.29, 1.82) is 0 Å². The Balaban J connectivity index is 1.89. The van der Waals surface area contributed by atoms with Crippen LogP contribution < -0.4 is 5.32 Å². The van der Waals surface area contributed by atoms with Crippen LogP contribution in [0.1, 0.15) is 42.3 Å². The van der Waals surface area contributed by atoms with Gasteiger partial charge >= 0.3 is 6.55 Å². The first kappa shape index (κ1) is 15.1. The highest BCUT2D eigenvalue weighted by Gasteiger charge is 2.14. The summed E-state index contributed by atoms with van der Waals surface area (Å²) in [7, 11) is 0. The van der Waals surface area contributed by atoms with E-state index < -0.39 is 12.5 Å². The van der Waals surface area contributed by atoms with Crippen LogP contribution in [0, 0.1) is 5.92 Å². The number of hydrogen-bond acceptors (Lipinski definition) is 4. The lowest BCUT2D eigenvalue weighted by Gasteiger charge is -2.00. The van der Waals surface area contributed by atoms with Gasteiger partial charge in [-0.3, -0.25) is 4.79 Å². The molecule has 0 aliphatic carbocycles. The number of nitrogens with zero attached hydrogens (tertiary/aromatic N) is 3. The van der Waals surface area contributed by atoms with Gasteiger partial charge in [-0.1, -0.05) is 19.0 Å². The number of carbonyl (C=O) groups is 1. The van der Waals surface area contributed by atoms with Crippen LogP contribution in [0.5, 0.6) is 0 Å². The Morgan fingerprint density at radius 1 is 1.48 bits per heavy atom. The van der Waals surface area contributed by atoms with Crippen LogP contribution in [0.2, 0.25) is 0 Å². The molecule has 21 heavy (non-hydrogen) atoms. The van der Waals surface area contributed by atoms with Crippen LogP contribution in [0.25, 0.3) is 0 Å². The summed E-state index contributed by atoms with van der Waals surface area (Å²) in [5.41, 5.74) is 0.744. The minimum atomic E-state index is -2.76. The van der Waals surface area contributed by atoms with Gasteiger partial charge in [0.05, 0.1) is 12.2 Å². The summed E-state index contributed by atoms with van der Waals surface area (Å²) in [6.07, 6.45) is 1.84. The van der Waals surface area contributed by atoms with E-state index in [2.05, 4.69) is 29.4 Å². The monoisotopic (exact) mass is 298 g/mol. The molecule has 0 radical (unpaired) electrons. The van der Waals surface area contributed by atoms with E-state index in [1.165, 1.54) is 6.07 Å². The van der Waals surface area contributed by atoms with Gasteiger partial charge in [0.1, 0.15) is 5.69 Å². The van der Waals surface area contributed by atoms with E-state index in [9.17, 15) is 13.6 Å². The molecule has 2 aromatic heterocycles. The fourth-order valence-electron chi connectivity index (χ4n) is 1.78. The van der Waals surface area contributed by atoms with Crippen LogP contribution in [0.15, 0.2) is 22.9 Å². The molecule has 2 aromatic rings. The number of halogens is 2. The number of hydrogen-bond donors (Lipinski definition) is 1. The van der Waals surface area contributed by atoms with Gasteiger partial charge in [0.2, 0.25) is 0 Å². The quantitative estimate of drug-likeness (QED) is 0.888. The Kier molecular flexibility index (Phi) is 4.66. The fourth-order valence-corrected chi connectivity index (χ4v) is 1.78. The minimum absolute atomic E-state index is 0.0720. The maximum Gasteiger partial charge on any atom is 0.333 e. The SMILES string of the molecule is CC(C)Cc1cc(CNC(=O)c2ccn(C(F)F)n2)on1. The molecule has 0 aromatic carbocycles. The number of nitrogens with one attached hydrogen (secondary N) is 1. The number of rotatable bonds is 6. The van der Waals surface area contributed by atoms with Crippen LogP contribution in [-0.4, -0.2) is 20.8 Å². The molecule has 0 unspecified atom stereocenters. The van der Waals surface area contributed by atoms with Crippen molar-refractivity contribution >= 4 is 5.91 Å². The Hall–Kier alpha value is -2.25. The third kappa shape index (κ3) is 4.11. The molecule has 1 N–H and O–H groups in total. The molecule has 0 aliphatic rings. The number of aromatic nitrogens is 3. The largest absolute Gasteiger partial charge is 0.359 e. The van der Waals surface area contributed by atoms with E-state index in [1.54, 1.807) is 6.07 Å². The highest BCUT2D eigenvalue weighted by molar-refractivity contribution is 5.92. The Labute approximate surface area is 120 Å². The first-order valence-corrected chi connectivity index (χ1v) is 6.51. The lowest BCUT2D eigenvalue weighted by atomic mass is 10.1. The predicted molar refractivity (Wildman–Crippen MR) is 69.7 cm³/mol.